The van der Waals surface area contributed by atoms with E-state index in [0.717, 1.165) is 40.9 Å². The second-order valence-corrected chi connectivity index (χ2v) is 7.87. The van der Waals surface area contributed by atoms with Gasteiger partial charge in [0.25, 0.3) is 0 Å². The van der Waals surface area contributed by atoms with Crippen LogP contribution in [0, 0.1) is 6.92 Å². The van der Waals surface area contributed by atoms with Gasteiger partial charge in [-0.3, -0.25) is 4.79 Å². The van der Waals surface area contributed by atoms with E-state index >= 15 is 0 Å². The van der Waals surface area contributed by atoms with Crippen molar-refractivity contribution in [1.82, 2.24) is 4.98 Å². The number of hydrogen-bond donors (Lipinski definition) is 3. The predicted molar refractivity (Wildman–Crippen MR) is 105 cm³/mol. The smallest absolute Gasteiger partial charge is 0.198 e. The summed E-state index contributed by atoms with van der Waals surface area (Å²) in [4.78, 5) is 19.6. The number of nitrogens with one attached hydrogen (secondary N) is 3. The van der Waals surface area contributed by atoms with E-state index in [0.29, 0.717) is 12.6 Å². The number of benzene rings is 1. The van der Waals surface area contributed by atoms with Crippen LogP contribution in [0.3, 0.4) is 0 Å². The summed E-state index contributed by atoms with van der Waals surface area (Å²) in [6.07, 6.45) is 3.43. The fourth-order valence-electron chi connectivity index (χ4n) is 3.98. The molecule has 1 aromatic carbocycles. The quantitative estimate of drug-likeness (QED) is 0.696. The largest absolute Gasteiger partial charge is 0.494 e. The van der Waals surface area contributed by atoms with Crippen molar-refractivity contribution in [2.24, 2.45) is 0 Å². The van der Waals surface area contributed by atoms with Crippen LogP contribution in [0.1, 0.15) is 37.4 Å². The number of aromatic amines is 1. The summed E-state index contributed by atoms with van der Waals surface area (Å²) in [7, 11) is 4.50. The molecule has 1 unspecified atom stereocenters. The summed E-state index contributed by atoms with van der Waals surface area (Å²) >= 11 is 0. The molecular formula is C21H33N3O2+2. The van der Waals surface area contributed by atoms with Crippen molar-refractivity contribution in [3.05, 3.63) is 39.7 Å². The number of quaternary nitrogens is 2. The molecule has 1 saturated heterocycles. The van der Waals surface area contributed by atoms with E-state index in [1.54, 1.807) is 4.90 Å². The van der Waals surface area contributed by atoms with Gasteiger partial charge in [-0.15, -0.1) is 0 Å². The average molecular weight is 360 g/mol. The normalized spacial score (nSPS) is 21.7. The summed E-state index contributed by atoms with van der Waals surface area (Å²) in [6, 6.07) is 6.42. The molecule has 0 saturated carbocycles. The number of aromatic nitrogens is 1. The number of H-pyrrole nitrogens is 1. The number of fused-ring (bicyclic) bond motifs is 1. The molecule has 1 aliphatic heterocycles. The third kappa shape index (κ3) is 4.10. The van der Waals surface area contributed by atoms with Crippen LogP contribution >= 0.6 is 0 Å². The first-order valence-electron chi connectivity index (χ1n) is 9.91. The van der Waals surface area contributed by atoms with Crippen molar-refractivity contribution >= 4 is 10.9 Å². The molecule has 1 atom stereocenters. The van der Waals surface area contributed by atoms with Crippen molar-refractivity contribution in [2.45, 2.75) is 45.7 Å². The van der Waals surface area contributed by atoms with Crippen LogP contribution < -0.4 is 20.0 Å². The molecular weight excluding hydrogens is 326 g/mol. The molecule has 1 fully saturated rings. The highest BCUT2D eigenvalue weighted by atomic mass is 16.5. The molecule has 0 radical (unpaired) electrons. The number of ether oxygens (including phenoxy) is 1. The highest BCUT2D eigenvalue weighted by Crippen LogP contribution is 2.18. The van der Waals surface area contributed by atoms with Crippen LogP contribution in [-0.4, -0.2) is 44.8 Å². The topological polar surface area (TPSA) is 51.0 Å². The predicted octanol–water partition coefficient (Wildman–Crippen LogP) is 0.317. The number of aryl methyl sites for hydroxylation is 1. The van der Waals surface area contributed by atoms with Crippen molar-refractivity contribution in [2.75, 3.05) is 33.8 Å². The van der Waals surface area contributed by atoms with Gasteiger partial charge < -0.3 is 19.5 Å². The Hall–Kier alpha value is -1.85. The van der Waals surface area contributed by atoms with Gasteiger partial charge >= 0.3 is 0 Å². The lowest BCUT2D eigenvalue weighted by Crippen LogP contribution is -3.17. The summed E-state index contributed by atoms with van der Waals surface area (Å²) < 4.78 is 5.71. The van der Waals surface area contributed by atoms with Gasteiger partial charge in [0, 0.05) is 29.4 Å². The highest BCUT2D eigenvalue weighted by Gasteiger charge is 2.27. The van der Waals surface area contributed by atoms with Gasteiger partial charge in [-0.25, -0.2) is 0 Å². The zero-order chi connectivity index (χ0) is 18.7. The number of likely N-dealkylation sites (tertiary alicyclic amines) is 1. The molecule has 2 aromatic rings. The molecule has 5 heteroatoms. The van der Waals surface area contributed by atoms with Gasteiger partial charge in [-0.2, -0.15) is 0 Å². The summed E-state index contributed by atoms with van der Waals surface area (Å²) in [5.41, 5.74) is 2.94. The van der Waals surface area contributed by atoms with E-state index < -0.39 is 0 Å². The minimum atomic E-state index is 0.149. The molecule has 1 aliphatic rings. The number of pyridine rings is 1. The van der Waals surface area contributed by atoms with E-state index in [1.807, 2.05) is 25.1 Å². The van der Waals surface area contributed by atoms with Crippen molar-refractivity contribution in [3.8, 4) is 5.75 Å². The summed E-state index contributed by atoms with van der Waals surface area (Å²) in [5.74, 6) is 0.777. The molecule has 0 spiro atoms. The molecule has 3 N–H and O–H groups in total. The first-order valence-corrected chi connectivity index (χ1v) is 9.91. The molecule has 1 aromatic heterocycles. The van der Waals surface area contributed by atoms with Gasteiger partial charge in [0.05, 0.1) is 45.4 Å². The van der Waals surface area contributed by atoms with Crippen LogP contribution in [0.5, 0.6) is 5.75 Å². The van der Waals surface area contributed by atoms with E-state index in [4.69, 9.17) is 4.74 Å². The Kier molecular flexibility index (Phi) is 5.99. The summed E-state index contributed by atoms with van der Waals surface area (Å²) in [5, 5.41) is 0.736. The first-order chi connectivity index (χ1) is 12.5. The molecule has 3 rings (SSSR count). The Labute approximate surface area is 156 Å². The molecule has 0 aliphatic carbocycles. The molecule has 142 valence electrons. The number of hydrogen-bond acceptors (Lipinski definition) is 2. The first kappa shape index (κ1) is 18.9. The maximum atomic E-state index is 13.2. The van der Waals surface area contributed by atoms with Crippen LogP contribution in [0.15, 0.2) is 23.0 Å². The standard InChI is InChI=1S/C21H31N3O2/c1-5-12-26-17-6-7-20-18(13-17)21(25)19(15(2)22-20)14-24(4)16-8-10-23(3)11-9-16/h6-7,13,16H,5,8-12,14H2,1-4H3,(H,22,25)/p+2. The average Bonchev–Trinajstić information content (AvgIpc) is 2.64. The lowest BCUT2D eigenvalue weighted by molar-refractivity contribution is -0.948. The van der Waals surface area contributed by atoms with E-state index in [9.17, 15) is 4.79 Å². The minimum Gasteiger partial charge on any atom is -0.494 e. The van der Waals surface area contributed by atoms with Gasteiger partial charge in [0.15, 0.2) is 5.43 Å². The van der Waals surface area contributed by atoms with Crippen LogP contribution in [0.25, 0.3) is 10.9 Å². The minimum absolute atomic E-state index is 0.149. The maximum Gasteiger partial charge on any atom is 0.198 e. The van der Waals surface area contributed by atoms with Crippen molar-refractivity contribution in [3.63, 3.8) is 0 Å². The Bertz CT molecular complexity index is 807. The Balaban J connectivity index is 1.86. The third-order valence-electron chi connectivity index (χ3n) is 5.75. The van der Waals surface area contributed by atoms with Crippen LogP contribution in [0.4, 0.5) is 0 Å². The number of piperidine rings is 1. The van der Waals surface area contributed by atoms with E-state index in [1.165, 1.54) is 30.8 Å². The van der Waals surface area contributed by atoms with Crippen LogP contribution in [0.2, 0.25) is 0 Å². The molecule has 0 bridgehead atoms. The SMILES string of the molecule is CCCOc1ccc2[nH]c(C)c(C[NH+](C)C3CC[NH+](C)CC3)c(=O)c2c1. The Morgan fingerprint density at radius 1 is 1.31 bits per heavy atom. The molecule has 2 heterocycles. The molecule has 0 amide bonds. The Morgan fingerprint density at radius 3 is 2.73 bits per heavy atom. The third-order valence-corrected chi connectivity index (χ3v) is 5.75. The second kappa shape index (κ2) is 8.23. The molecule has 5 nitrogen and oxygen atoms in total. The fraction of sp³-hybridized carbons (Fsp3) is 0.571. The van der Waals surface area contributed by atoms with Crippen molar-refractivity contribution in [1.29, 1.82) is 0 Å². The number of rotatable bonds is 6. The maximum absolute atomic E-state index is 13.2. The van der Waals surface area contributed by atoms with Gasteiger partial charge in [0.2, 0.25) is 0 Å². The zero-order valence-electron chi connectivity index (χ0n) is 16.6. The molecule has 26 heavy (non-hydrogen) atoms. The van der Waals surface area contributed by atoms with Crippen molar-refractivity contribution < 1.29 is 14.5 Å². The lowest BCUT2D eigenvalue weighted by atomic mass is 10.0. The van der Waals surface area contributed by atoms with Gasteiger partial charge in [-0.1, -0.05) is 6.92 Å². The van der Waals surface area contributed by atoms with E-state index in [2.05, 4.69) is 26.0 Å². The van der Waals surface area contributed by atoms with Gasteiger partial charge in [0.1, 0.15) is 12.3 Å². The fourth-order valence-corrected chi connectivity index (χ4v) is 3.98. The highest BCUT2D eigenvalue weighted by molar-refractivity contribution is 5.81. The Morgan fingerprint density at radius 2 is 2.04 bits per heavy atom. The summed E-state index contributed by atoms with van der Waals surface area (Å²) in [6.45, 7) is 8.01. The van der Waals surface area contributed by atoms with Gasteiger partial charge in [-0.05, 0) is 31.5 Å². The zero-order valence-corrected chi connectivity index (χ0v) is 16.6. The monoisotopic (exact) mass is 359 g/mol. The lowest BCUT2D eigenvalue weighted by Gasteiger charge is -2.30. The second-order valence-electron chi connectivity index (χ2n) is 7.87. The van der Waals surface area contributed by atoms with E-state index in [-0.39, 0.29) is 5.43 Å². The van der Waals surface area contributed by atoms with Crippen LogP contribution in [-0.2, 0) is 6.54 Å².